The van der Waals surface area contributed by atoms with Crippen molar-refractivity contribution in [3.05, 3.63) is 27.0 Å². The average molecular weight is 644 g/mol. The van der Waals surface area contributed by atoms with E-state index in [0.717, 1.165) is 0 Å². The van der Waals surface area contributed by atoms with Gasteiger partial charge in [0.15, 0.2) is 0 Å². The number of thiophene rings is 2. The molecule has 180 valence electrons. The topological polar surface area (TPSA) is 0 Å². The summed E-state index contributed by atoms with van der Waals surface area (Å²) >= 11 is 5.95. The summed E-state index contributed by atoms with van der Waals surface area (Å²) in [6.07, 6.45) is 19.5. The van der Waals surface area contributed by atoms with Crippen LogP contribution in [-0.4, -0.2) is 18.4 Å². The Morgan fingerprint density at radius 2 is 1.16 bits per heavy atom. The van der Waals surface area contributed by atoms with Crippen molar-refractivity contribution in [1.82, 2.24) is 0 Å². The van der Waals surface area contributed by atoms with Gasteiger partial charge in [0, 0.05) is 0 Å². The molecular formula is C28H45BrS2Sn. The van der Waals surface area contributed by atoms with Crippen LogP contribution in [0.2, 0.25) is 14.8 Å². The van der Waals surface area contributed by atoms with E-state index in [9.17, 15) is 0 Å². The van der Waals surface area contributed by atoms with Crippen molar-refractivity contribution in [2.24, 2.45) is 0 Å². The first-order chi connectivity index (χ1) is 15.3. The van der Waals surface area contributed by atoms with E-state index in [0.29, 0.717) is 0 Å². The fourth-order valence-electron chi connectivity index (χ4n) is 5.39. The van der Waals surface area contributed by atoms with Gasteiger partial charge in [-0.2, -0.15) is 0 Å². The Hall–Kier alpha value is 0.679. The molecule has 0 saturated heterocycles. The van der Waals surface area contributed by atoms with Crippen molar-refractivity contribution in [2.45, 2.75) is 124 Å². The number of halogens is 1. The van der Waals surface area contributed by atoms with Crippen LogP contribution in [0.5, 0.6) is 0 Å². The van der Waals surface area contributed by atoms with E-state index >= 15 is 0 Å². The third-order valence-corrected chi connectivity index (χ3v) is 19.7. The summed E-state index contributed by atoms with van der Waals surface area (Å²) in [5.74, 6) is 0. The second kappa shape index (κ2) is 12.6. The quantitative estimate of drug-likeness (QED) is 0.134. The van der Waals surface area contributed by atoms with Gasteiger partial charge in [0.05, 0.1) is 0 Å². The van der Waals surface area contributed by atoms with Crippen LogP contribution < -0.4 is 2.89 Å². The van der Waals surface area contributed by atoms with Crippen molar-refractivity contribution in [1.29, 1.82) is 0 Å². The van der Waals surface area contributed by atoms with Gasteiger partial charge in [-0.15, -0.1) is 0 Å². The number of hydrogen-bond donors (Lipinski definition) is 0. The molecule has 0 fully saturated rings. The number of rotatable bonds is 15. The Morgan fingerprint density at radius 3 is 1.69 bits per heavy atom. The molecule has 4 heteroatoms. The predicted molar refractivity (Wildman–Crippen MR) is 155 cm³/mol. The molecule has 2 heterocycles. The predicted octanol–water partition coefficient (Wildman–Crippen LogP) is 10.9. The van der Waals surface area contributed by atoms with E-state index in [1.807, 2.05) is 11.3 Å². The van der Waals surface area contributed by atoms with Crippen molar-refractivity contribution >= 4 is 59.9 Å². The first-order valence-electron chi connectivity index (χ1n) is 13.3. The Balaban J connectivity index is 1.85. The van der Waals surface area contributed by atoms with E-state index in [1.165, 1.54) is 93.7 Å². The van der Waals surface area contributed by atoms with E-state index in [4.69, 9.17) is 0 Å². The van der Waals surface area contributed by atoms with Gasteiger partial charge < -0.3 is 0 Å². The maximum absolute atomic E-state index is 3.86. The van der Waals surface area contributed by atoms with Gasteiger partial charge in [-0.25, -0.2) is 0 Å². The Morgan fingerprint density at radius 1 is 0.688 bits per heavy atom. The Kier molecular flexibility index (Phi) is 10.7. The molecule has 0 unspecified atom stereocenters. The molecule has 0 aliphatic heterocycles. The van der Waals surface area contributed by atoms with Gasteiger partial charge in [-0.1, -0.05) is 0 Å². The molecule has 0 amide bonds. The summed E-state index contributed by atoms with van der Waals surface area (Å²) in [5, 5.41) is 0. The monoisotopic (exact) mass is 644 g/mol. The van der Waals surface area contributed by atoms with Gasteiger partial charge in [0.25, 0.3) is 0 Å². The molecule has 0 aromatic carbocycles. The standard InChI is InChI=1S/C25H36BrS2.3CH3.Sn/c1-3-5-7-9-11-13-16-25(17-14-12-10-8-6-4-2)20-15-18-27-23(20)24-21(25)19-22(26)28-24;;;;/h15,19H,3-14,16-17H2,1-2H3;3*1H3;. The average Bonchev–Trinajstić information content (AvgIpc) is 3.40. The van der Waals surface area contributed by atoms with Crippen LogP contribution in [0, 0.1) is 0 Å². The van der Waals surface area contributed by atoms with Crippen LogP contribution in [0.15, 0.2) is 15.9 Å². The van der Waals surface area contributed by atoms with Gasteiger partial charge >= 0.3 is 221 Å². The summed E-state index contributed by atoms with van der Waals surface area (Å²) in [4.78, 5) is 11.0. The Labute approximate surface area is 219 Å². The number of hydrogen-bond acceptors (Lipinski definition) is 2. The van der Waals surface area contributed by atoms with Crippen molar-refractivity contribution < 1.29 is 0 Å². The summed E-state index contributed by atoms with van der Waals surface area (Å²) in [7, 11) is 0. The minimum atomic E-state index is -2.08. The summed E-state index contributed by atoms with van der Waals surface area (Å²) < 4.78 is 3.10. The molecule has 2 aromatic heterocycles. The fourth-order valence-corrected chi connectivity index (χ4v) is 13.7. The molecular weight excluding hydrogens is 599 g/mol. The first kappa shape index (κ1) is 27.3. The molecule has 0 saturated carbocycles. The van der Waals surface area contributed by atoms with E-state index in [1.54, 1.807) is 23.8 Å². The number of unbranched alkanes of at least 4 members (excludes halogenated alkanes) is 10. The molecule has 0 atom stereocenters. The molecule has 3 rings (SSSR count). The van der Waals surface area contributed by atoms with E-state index < -0.39 is 18.4 Å². The normalized spacial score (nSPS) is 14.7. The summed E-state index contributed by atoms with van der Waals surface area (Å²) in [5.41, 5.74) is 3.70. The van der Waals surface area contributed by atoms with Gasteiger partial charge in [0.2, 0.25) is 0 Å². The second-order valence-electron chi connectivity index (χ2n) is 11.0. The molecule has 1 aliphatic carbocycles. The summed E-state index contributed by atoms with van der Waals surface area (Å²) in [6.45, 7) is 4.64. The second-order valence-corrected chi connectivity index (χ2v) is 29.9. The number of fused-ring (bicyclic) bond motifs is 3. The van der Waals surface area contributed by atoms with Crippen LogP contribution in [0.25, 0.3) is 9.75 Å². The van der Waals surface area contributed by atoms with Crippen LogP contribution in [0.4, 0.5) is 0 Å². The maximum atomic E-state index is 3.86. The van der Waals surface area contributed by atoms with Crippen LogP contribution >= 0.6 is 38.6 Å². The van der Waals surface area contributed by atoms with E-state index in [2.05, 4.69) is 68.1 Å². The van der Waals surface area contributed by atoms with Crippen LogP contribution in [0.3, 0.4) is 0 Å². The SMILES string of the molecule is CCCCCCCCC1(CCCCCCCC)c2cc(Br)sc2-c2s[c]([Sn]([CH3])([CH3])[CH3])cc21. The molecule has 0 N–H and O–H groups in total. The van der Waals surface area contributed by atoms with Crippen LogP contribution in [-0.2, 0) is 5.41 Å². The molecule has 0 radical (unpaired) electrons. The fraction of sp³-hybridized carbons (Fsp3) is 0.714. The van der Waals surface area contributed by atoms with Gasteiger partial charge in [-0.05, 0) is 0 Å². The van der Waals surface area contributed by atoms with Crippen molar-refractivity contribution in [2.75, 3.05) is 0 Å². The van der Waals surface area contributed by atoms with Crippen LogP contribution in [0.1, 0.15) is 115 Å². The van der Waals surface area contributed by atoms with Crippen molar-refractivity contribution in [3.63, 3.8) is 0 Å². The molecule has 0 spiro atoms. The summed E-state index contributed by atoms with van der Waals surface area (Å²) in [6, 6.07) is 5.21. The molecule has 32 heavy (non-hydrogen) atoms. The minimum absolute atomic E-state index is 0.286. The van der Waals surface area contributed by atoms with Gasteiger partial charge in [-0.3, -0.25) is 0 Å². The molecule has 0 bridgehead atoms. The first-order valence-corrected chi connectivity index (χ1v) is 25.7. The molecule has 0 nitrogen and oxygen atoms in total. The zero-order valence-electron chi connectivity index (χ0n) is 21.2. The van der Waals surface area contributed by atoms with Gasteiger partial charge in [0.1, 0.15) is 0 Å². The zero-order chi connectivity index (χ0) is 23.2. The Bertz CT molecular complexity index is 826. The molecule has 2 aromatic rings. The molecule has 1 aliphatic rings. The third-order valence-electron chi connectivity index (χ3n) is 7.32. The van der Waals surface area contributed by atoms with E-state index in [-0.39, 0.29) is 5.41 Å². The zero-order valence-corrected chi connectivity index (χ0v) is 27.3. The third kappa shape index (κ3) is 6.46. The van der Waals surface area contributed by atoms with Crippen molar-refractivity contribution in [3.8, 4) is 9.75 Å².